The van der Waals surface area contributed by atoms with Crippen molar-refractivity contribution in [1.29, 1.82) is 0 Å². The van der Waals surface area contributed by atoms with Crippen molar-refractivity contribution in [2.45, 2.75) is 31.8 Å². The Balaban J connectivity index is 1.49. The Bertz CT molecular complexity index is 798. The van der Waals surface area contributed by atoms with Gasteiger partial charge in [-0.1, -0.05) is 18.2 Å². The number of benzene rings is 1. The van der Waals surface area contributed by atoms with Gasteiger partial charge >= 0.3 is 0 Å². The van der Waals surface area contributed by atoms with Crippen LogP contribution in [0, 0.1) is 0 Å². The van der Waals surface area contributed by atoms with Crippen LogP contribution in [0.2, 0.25) is 0 Å². The number of amides is 1. The van der Waals surface area contributed by atoms with E-state index < -0.39 is 0 Å². The molecule has 1 unspecified atom stereocenters. The van der Waals surface area contributed by atoms with Gasteiger partial charge in [0.05, 0.1) is 5.52 Å². The van der Waals surface area contributed by atoms with Crippen molar-refractivity contribution in [3.63, 3.8) is 0 Å². The lowest BCUT2D eigenvalue weighted by molar-refractivity contribution is 0.0929. The number of H-pyrrole nitrogens is 1. The molecule has 1 aliphatic rings. The van der Waals surface area contributed by atoms with Gasteiger partial charge in [0, 0.05) is 24.4 Å². The quantitative estimate of drug-likeness (QED) is 0.746. The summed E-state index contributed by atoms with van der Waals surface area (Å²) in [6.45, 7) is 0.828. The van der Waals surface area contributed by atoms with E-state index in [2.05, 4.69) is 30.3 Å². The van der Waals surface area contributed by atoms with Crippen molar-refractivity contribution in [1.82, 2.24) is 30.3 Å². The van der Waals surface area contributed by atoms with E-state index in [1.165, 1.54) is 0 Å². The zero-order valence-electron chi connectivity index (χ0n) is 12.0. The number of nitrogens with zero attached hydrogens (tertiary/aromatic N) is 4. The summed E-state index contributed by atoms with van der Waals surface area (Å²) in [7, 11) is 0. The minimum Gasteiger partial charge on any atom is -0.348 e. The smallest absolute Gasteiger partial charge is 0.272 e. The second-order valence-corrected chi connectivity index (χ2v) is 5.56. The van der Waals surface area contributed by atoms with Crippen molar-refractivity contribution in [3.8, 4) is 0 Å². The summed E-state index contributed by atoms with van der Waals surface area (Å²) in [4.78, 5) is 12.5. The molecule has 3 aromatic rings. The van der Waals surface area contributed by atoms with Gasteiger partial charge in [0.25, 0.3) is 5.91 Å². The van der Waals surface area contributed by atoms with E-state index in [-0.39, 0.29) is 11.9 Å². The highest BCUT2D eigenvalue weighted by molar-refractivity contribution is 6.04. The van der Waals surface area contributed by atoms with Crippen molar-refractivity contribution in [3.05, 3.63) is 42.1 Å². The van der Waals surface area contributed by atoms with E-state index in [9.17, 15) is 4.79 Å². The third-order valence-corrected chi connectivity index (χ3v) is 4.15. The van der Waals surface area contributed by atoms with Crippen LogP contribution in [-0.2, 0) is 13.0 Å². The number of rotatable bonds is 2. The van der Waals surface area contributed by atoms with Crippen LogP contribution in [0.1, 0.15) is 29.2 Å². The molecule has 0 radical (unpaired) electrons. The number of carbonyl (C=O) groups is 1. The lowest BCUT2D eigenvalue weighted by Gasteiger charge is -2.15. The predicted molar refractivity (Wildman–Crippen MR) is 80.3 cm³/mol. The summed E-state index contributed by atoms with van der Waals surface area (Å²) < 4.78 is 2.05. The number of para-hydroxylation sites is 1. The third kappa shape index (κ3) is 2.24. The Morgan fingerprint density at radius 2 is 2.23 bits per heavy atom. The maximum atomic E-state index is 12.5. The van der Waals surface area contributed by atoms with Gasteiger partial charge in [-0.05, 0) is 18.9 Å². The molecular weight excluding hydrogens is 280 g/mol. The fourth-order valence-electron chi connectivity index (χ4n) is 2.94. The number of hydrogen-bond donors (Lipinski definition) is 2. The molecule has 0 spiro atoms. The highest BCUT2D eigenvalue weighted by atomic mass is 16.2. The van der Waals surface area contributed by atoms with Crippen molar-refractivity contribution in [2.24, 2.45) is 0 Å². The maximum absolute atomic E-state index is 12.5. The molecule has 0 bridgehead atoms. The summed E-state index contributed by atoms with van der Waals surface area (Å²) in [5.74, 6) is 0.863. The number of aromatic amines is 1. The number of fused-ring (bicyclic) bond motifs is 2. The van der Waals surface area contributed by atoms with E-state index in [4.69, 9.17) is 0 Å². The van der Waals surface area contributed by atoms with Crippen molar-refractivity contribution in [2.75, 3.05) is 0 Å². The van der Waals surface area contributed by atoms with Crippen LogP contribution in [0.3, 0.4) is 0 Å². The molecule has 4 rings (SSSR count). The molecule has 1 aliphatic heterocycles. The highest BCUT2D eigenvalue weighted by Gasteiger charge is 2.21. The molecule has 7 heteroatoms. The minimum atomic E-state index is -0.125. The monoisotopic (exact) mass is 296 g/mol. The molecule has 2 aromatic heterocycles. The van der Waals surface area contributed by atoms with E-state index in [1.54, 1.807) is 6.33 Å². The maximum Gasteiger partial charge on any atom is 0.272 e. The first-order valence-corrected chi connectivity index (χ1v) is 7.42. The largest absolute Gasteiger partial charge is 0.348 e. The number of nitrogens with one attached hydrogen (secondary N) is 2. The average molecular weight is 296 g/mol. The number of carbonyl (C=O) groups excluding carboxylic acids is 1. The number of aryl methyl sites for hydroxylation is 2. The zero-order chi connectivity index (χ0) is 14.9. The Kier molecular flexibility index (Phi) is 3.10. The normalized spacial score (nSPS) is 17.9. The SMILES string of the molecule is O=C(NC1CCc2nncn2CC1)c1n[nH]c2ccccc12. The van der Waals surface area contributed by atoms with Crippen LogP contribution in [0.4, 0.5) is 0 Å². The van der Waals surface area contributed by atoms with Gasteiger partial charge in [-0.25, -0.2) is 0 Å². The summed E-state index contributed by atoms with van der Waals surface area (Å²) in [6.07, 6.45) is 4.32. The first kappa shape index (κ1) is 13.0. The standard InChI is InChI=1S/C15H16N6O/c22-15(14-11-3-1-2-4-12(11)18-20-14)17-10-5-6-13-19-16-9-21(13)8-7-10/h1-4,9-10H,5-8H2,(H,17,22)(H,18,20). The van der Waals surface area contributed by atoms with Gasteiger partial charge in [0.1, 0.15) is 12.2 Å². The molecule has 112 valence electrons. The number of hydrogen-bond acceptors (Lipinski definition) is 4. The Morgan fingerprint density at radius 1 is 1.32 bits per heavy atom. The Hall–Kier alpha value is -2.70. The lowest BCUT2D eigenvalue weighted by Crippen LogP contribution is -2.35. The summed E-state index contributed by atoms with van der Waals surface area (Å²) >= 11 is 0. The molecule has 2 N–H and O–H groups in total. The molecule has 3 heterocycles. The number of aromatic nitrogens is 5. The third-order valence-electron chi connectivity index (χ3n) is 4.15. The molecule has 1 amide bonds. The average Bonchev–Trinajstić information content (AvgIpc) is 3.12. The van der Waals surface area contributed by atoms with E-state index in [0.717, 1.165) is 42.5 Å². The van der Waals surface area contributed by atoms with Gasteiger partial charge in [-0.15, -0.1) is 10.2 Å². The van der Waals surface area contributed by atoms with E-state index in [1.807, 2.05) is 24.3 Å². The van der Waals surface area contributed by atoms with Crippen LogP contribution in [-0.4, -0.2) is 36.9 Å². The van der Waals surface area contributed by atoms with Crippen LogP contribution < -0.4 is 5.32 Å². The first-order chi connectivity index (χ1) is 10.8. The van der Waals surface area contributed by atoms with Gasteiger partial charge in [-0.3, -0.25) is 9.89 Å². The van der Waals surface area contributed by atoms with Crippen LogP contribution >= 0.6 is 0 Å². The minimum absolute atomic E-state index is 0.125. The summed E-state index contributed by atoms with van der Waals surface area (Å²) in [5, 5.41) is 19.0. The first-order valence-electron chi connectivity index (χ1n) is 7.42. The van der Waals surface area contributed by atoms with Gasteiger partial charge in [-0.2, -0.15) is 5.10 Å². The zero-order valence-corrected chi connectivity index (χ0v) is 12.0. The fourth-order valence-corrected chi connectivity index (χ4v) is 2.94. The lowest BCUT2D eigenvalue weighted by atomic mass is 10.1. The van der Waals surface area contributed by atoms with Crippen LogP contribution in [0.5, 0.6) is 0 Å². The van der Waals surface area contributed by atoms with E-state index >= 15 is 0 Å². The molecule has 1 aromatic carbocycles. The predicted octanol–water partition coefficient (Wildman–Crippen LogP) is 1.29. The van der Waals surface area contributed by atoms with Gasteiger partial charge in [0.2, 0.25) is 0 Å². The second kappa shape index (κ2) is 5.25. The molecule has 7 nitrogen and oxygen atoms in total. The highest BCUT2D eigenvalue weighted by Crippen LogP contribution is 2.17. The van der Waals surface area contributed by atoms with Crippen molar-refractivity contribution < 1.29 is 4.79 Å². The fraction of sp³-hybridized carbons (Fsp3) is 0.333. The van der Waals surface area contributed by atoms with Crippen LogP contribution in [0.15, 0.2) is 30.6 Å². The molecule has 0 saturated carbocycles. The second-order valence-electron chi connectivity index (χ2n) is 5.56. The topological polar surface area (TPSA) is 88.5 Å². The van der Waals surface area contributed by atoms with Gasteiger partial charge in [0.15, 0.2) is 5.69 Å². The Labute approximate surface area is 126 Å². The van der Waals surface area contributed by atoms with Crippen LogP contribution in [0.25, 0.3) is 10.9 Å². The molecular formula is C15H16N6O. The Morgan fingerprint density at radius 3 is 3.18 bits per heavy atom. The summed E-state index contributed by atoms with van der Waals surface area (Å²) in [5.41, 5.74) is 1.33. The molecule has 1 atom stereocenters. The van der Waals surface area contributed by atoms with E-state index in [0.29, 0.717) is 5.69 Å². The van der Waals surface area contributed by atoms with Crippen molar-refractivity contribution >= 4 is 16.8 Å². The molecule has 22 heavy (non-hydrogen) atoms. The molecule has 0 saturated heterocycles. The molecule has 0 fully saturated rings. The summed E-state index contributed by atoms with van der Waals surface area (Å²) in [6, 6.07) is 7.78. The van der Waals surface area contributed by atoms with Gasteiger partial charge < -0.3 is 9.88 Å². The molecule has 0 aliphatic carbocycles.